The maximum absolute atomic E-state index is 2.38. The van der Waals surface area contributed by atoms with Crippen molar-refractivity contribution in [3.8, 4) is 22.3 Å². The van der Waals surface area contributed by atoms with E-state index in [2.05, 4.69) is 124 Å². The zero-order chi connectivity index (χ0) is 23.2. The summed E-state index contributed by atoms with van der Waals surface area (Å²) in [4.78, 5) is 0. The van der Waals surface area contributed by atoms with Crippen LogP contribution in [0.3, 0.4) is 0 Å². The average Bonchev–Trinajstić information content (AvgIpc) is 2.88. The van der Waals surface area contributed by atoms with E-state index in [1.807, 2.05) is 0 Å². The lowest BCUT2D eigenvalue weighted by Gasteiger charge is -2.17. The lowest BCUT2D eigenvalue weighted by Crippen LogP contribution is -1.92. The molecule has 0 heteroatoms. The van der Waals surface area contributed by atoms with Gasteiger partial charge < -0.3 is 0 Å². The third kappa shape index (κ3) is 3.14. The highest BCUT2D eigenvalue weighted by Gasteiger charge is 2.15. The largest absolute Gasteiger partial charge is 0.0871 e. The van der Waals surface area contributed by atoms with Gasteiger partial charge >= 0.3 is 0 Å². The molecular weight excluding hydrogens is 408 g/mol. The SMILES string of the molecule is C/C=C\c1ccc(-c2ccc3ccc4c(-c5ccccc5C)ccc5ccc2c3c54)cc1CC. The molecular formula is C34H28. The molecule has 6 rings (SSSR count). The van der Waals surface area contributed by atoms with Gasteiger partial charge in [0.25, 0.3) is 0 Å². The molecule has 0 aliphatic rings. The quantitative estimate of drug-likeness (QED) is 0.241. The summed E-state index contributed by atoms with van der Waals surface area (Å²) >= 11 is 0. The van der Waals surface area contributed by atoms with E-state index in [0.717, 1.165) is 6.42 Å². The predicted molar refractivity (Wildman–Crippen MR) is 150 cm³/mol. The van der Waals surface area contributed by atoms with Crippen LogP contribution in [0.2, 0.25) is 0 Å². The average molecular weight is 437 g/mol. The highest BCUT2D eigenvalue weighted by Crippen LogP contribution is 2.42. The van der Waals surface area contributed by atoms with Crippen LogP contribution in [0.1, 0.15) is 30.5 Å². The maximum atomic E-state index is 2.38. The summed E-state index contributed by atoms with van der Waals surface area (Å²) in [5, 5.41) is 8.02. The van der Waals surface area contributed by atoms with Crippen molar-refractivity contribution in [1.82, 2.24) is 0 Å². The molecule has 0 unspecified atom stereocenters. The summed E-state index contributed by atoms with van der Waals surface area (Å²) in [5.74, 6) is 0. The number of allylic oxidation sites excluding steroid dienone is 1. The van der Waals surface area contributed by atoms with Crippen LogP contribution in [-0.2, 0) is 6.42 Å². The van der Waals surface area contributed by atoms with Gasteiger partial charge in [-0.05, 0) is 91.5 Å². The van der Waals surface area contributed by atoms with Crippen LogP contribution in [0.4, 0.5) is 0 Å². The monoisotopic (exact) mass is 436 g/mol. The highest BCUT2D eigenvalue weighted by atomic mass is 14.2. The van der Waals surface area contributed by atoms with Crippen LogP contribution in [-0.4, -0.2) is 0 Å². The molecule has 0 aromatic heterocycles. The van der Waals surface area contributed by atoms with E-state index in [1.165, 1.54) is 71.3 Å². The van der Waals surface area contributed by atoms with Gasteiger partial charge in [0.05, 0.1) is 0 Å². The van der Waals surface area contributed by atoms with Crippen molar-refractivity contribution in [2.75, 3.05) is 0 Å². The van der Waals surface area contributed by atoms with E-state index in [4.69, 9.17) is 0 Å². The minimum Gasteiger partial charge on any atom is -0.0871 e. The van der Waals surface area contributed by atoms with Gasteiger partial charge in [-0.2, -0.15) is 0 Å². The molecule has 6 aromatic carbocycles. The molecule has 0 spiro atoms. The van der Waals surface area contributed by atoms with Crippen LogP contribution in [0.5, 0.6) is 0 Å². The Morgan fingerprint density at radius 2 is 1.29 bits per heavy atom. The zero-order valence-electron chi connectivity index (χ0n) is 20.0. The predicted octanol–water partition coefficient (Wildman–Crippen LogP) is 9.82. The van der Waals surface area contributed by atoms with Crippen LogP contribution in [0.25, 0.3) is 60.6 Å². The first-order valence-electron chi connectivity index (χ1n) is 12.2. The van der Waals surface area contributed by atoms with Crippen LogP contribution < -0.4 is 0 Å². The summed E-state index contributed by atoms with van der Waals surface area (Å²) in [5.41, 5.74) is 9.25. The fourth-order valence-electron chi connectivity index (χ4n) is 5.58. The Balaban J connectivity index is 1.66. The number of benzene rings is 6. The highest BCUT2D eigenvalue weighted by molar-refractivity contribution is 6.27. The van der Waals surface area contributed by atoms with E-state index in [0.29, 0.717) is 0 Å². The van der Waals surface area contributed by atoms with Crippen LogP contribution in [0.15, 0.2) is 97.1 Å². The van der Waals surface area contributed by atoms with Gasteiger partial charge in [-0.1, -0.05) is 110 Å². The number of aryl methyl sites for hydroxylation is 2. The standard InChI is InChI=1S/C34H28/c1-4-8-24-11-12-27(21-23(24)5-2)29-17-13-25-16-20-32-30(28-10-7-6-9-22(28)3)18-14-26-15-19-31(29)33(25)34(26)32/h4,6-21H,5H2,1-3H3/b8-4-. The lowest BCUT2D eigenvalue weighted by molar-refractivity contribution is 1.13. The van der Waals surface area contributed by atoms with E-state index in [-0.39, 0.29) is 0 Å². The van der Waals surface area contributed by atoms with Crippen LogP contribution >= 0.6 is 0 Å². The summed E-state index contributed by atoms with van der Waals surface area (Å²) in [6.07, 6.45) is 5.36. The maximum Gasteiger partial charge on any atom is -0.00203 e. The van der Waals surface area contributed by atoms with E-state index in [1.54, 1.807) is 0 Å². The Hall–Kier alpha value is -3.90. The van der Waals surface area contributed by atoms with Gasteiger partial charge in [0.1, 0.15) is 0 Å². The minimum absolute atomic E-state index is 1.03. The molecule has 0 N–H and O–H groups in total. The van der Waals surface area contributed by atoms with Crippen molar-refractivity contribution in [2.45, 2.75) is 27.2 Å². The van der Waals surface area contributed by atoms with Gasteiger partial charge in [0, 0.05) is 0 Å². The lowest BCUT2D eigenvalue weighted by atomic mass is 9.86. The van der Waals surface area contributed by atoms with Gasteiger partial charge in [0.15, 0.2) is 0 Å². The third-order valence-corrected chi connectivity index (χ3v) is 7.28. The molecule has 0 saturated heterocycles. The molecule has 0 bridgehead atoms. The minimum atomic E-state index is 1.03. The molecule has 164 valence electrons. The van der Waals surface area contributed by atoms with E-state index >= 15 is 0 Å². The molecule has 0 aliphatic carbocycles. The van der Waals surface area contributed by atoms with Crippen molar-refractivity contribution in [1.29, 1.82) is 0 Å². The Bertz CT molecular complexity index is 1700. The number of hydrogen-bond donors (Lipinski definition) is 0. The van der Waals surface area contributed by atoms with E-state index in [9.17, 15) is 0 Å². The first-order chi connectivity index (χ1) is 16.7. The number of rotatable bonds is 4. The molecule has 0 saturated carbocycles. The number of hydrogen-bond acceptors (Lipinski definition) is 0. The molecule has 34 heavy (non-hydrogen) atoms. The van der Waals surface area contributed by atoms with Gasteiger partial charge in [0.2, 0.25) is 0 Å². The molecule has 0 amide bonds. The first-order valence-corrected chi connectivity index (χ1v) is 12.2. The van der Waals surface area contributed by atoms with Crippen molar-refractivity contribution < 1.29 is 0 Å². The normalized spacial score (nSPS) is 12.0. The molecule has 6 aromatic rings. The molecule has 0 atom stereocenters. The Kier molecular flexibility index (Phi) is 4.96. The molecule has 0 heterocycles. The topological polar surface area (TPSA) is 0 Å². The molecule has 0 aliphatic heterocycles. The summed E-state index contributed by atoms with van der Waals surface area (Å²) in [6, 6.07) is 34.0. The van der Waals surface area contributed by atoms with Gasteiger partial charge in [-0.15, -0.1) is 0 Å². The Morgan fingerprint density at radius 1 is 0.647 bits per heavy atom. The van der Waals surface area contributed by atoms with Gasteiger partial charge in [-0.25, -0.2) is 0 Å². The van der Waals surface area contributed by atoms with Crippen molar-refractivity contribution in [3.05, 3.63) is 114 Å². The summed E-state index contributed by atoms with van der Waals surface area (Å²) in [6.45, 7) is 6.52. The van der Waals surface area contributed by atoms with Crippen molar-refractivity contribution >= 4 is 38.4 Å². The van der Waals surface area contributed by atoms with Crippen LogP contribution in [0, 0.1) is 6.92 Å². The second kappa shape index (κ2) is 8.15. The van der Waals surface area contributed by atoms with E-state index < -0.39 is 0 Å². The second-order valence-electron chi connectivity index (χ2n) is 9.23. The summed E-state index contributed by atoms with van der Waals surface area (Å²) in [7, 11) is 0. The summed E-state index contributed by atoms with van der Waals surface area (Å²) < 4.78 is 0. The first kappa shape index (κ1) is 20.7. The fraction of sp³-hybridized carbons (Fsp3) is 0.118. The smallest absolute Gasteiger partial charge is 0.00203 e. The van der Waals surface area contributed by atoms with Crippen molar-refractivity contribution in [2.24, 2.45) is 0 Å². The second-order valence-corrected chi connectivity index (χ2v) is 9.23. The third-order valence-electron chi connectivity index (χ3n) is 7.28. The molecule has 0 radical (unpaired) electrons. The Morgan fingerprint density at radius 3 is 1.97 bits per heavy atom. The Labute approximate surface area is 201 Å². The van der Waals surface area contributed by atoms with Gasteiger partial charge in [-0.3, -0.25) is 0 Å². The molecule has 0 nitrogen and oxygen atoms in total. The fourth-order valence-corrected chi connectivity index (χ4v) is 5.58. The zero-order valence-corrected chi connectivity index (χ0v) is 20.0. The van der Waals surface area contributed by atoms with Crippen molar-refractivity contribution in [3.63, 3.8) is 0 Å². The molecule has 0 fully saturated rings.